The number of rotatable bonds is 6. The van der Waals surface area contributed by atoms with Crippen LogP contribution in [0.4, 0.5) is 4.79 Å². The van der Waals surface area contributed by atoms with Gasteiger partial charge in [-0.05, 0) is 78.1 Å². The minimum Gasteiger partial charge on any atom is -0.488 e. The van der Waals surface area contributed by atoms with Crippen LogP contribution >= 0.6 is 11.3 Å². The Morgan fingerprint density at radius 3 is 2.63 bits per heavy atom. The average molecular weight is 722 g/mol. The Morgan fingerprint density at radius 1 is 1.12 bits per heavy atom. The molecule has 13 heteroatoms. The molecule has 1 saturated carbocycles. The van der Waals surface area contributed by atoms with Crippen molar-refractivity contribution in [2.45, 2.75) is 140 Å². The zero-order chi connectivity index (χ0) is 36.5. The number of carboxylic acids is 1. The fourth-order valence-corrected chi connectivity index (χ4v) is 8.27. The van der Waals surface area contributed by atoms with Crippen LogP contribution in [0.25, 0.3) is 10.7 Å². The third-order valence-electron chi connectivity index (χ3n) is 10.2. The smallest absolute Gasteiger partial charge is 0.408 e. The van der Waals surface area contributed by atoms with Gasteiger partial charge in [-0.25, -0.2) is 19.6 Å². The van der Waals surface area contributed by atoms with Crippen LogP contribution in [0.2, 0.25) is 0 Å². The van der Waals surface area contributed by atoms with Gasteiger partial charge in [0.15, 0.2) is 0 Å². The number of nitrogens with one attached hydrogen (secondary N) is 2. The molecule has 0 aromatic carbocycles. The maximum Gasteiger partial charge on any atom is 0.408 e. The van der Waals surface area contributed by atoms with Crippen molar-refractivity contribution in [3.05, 3.63) is 40.5 Å². The van der Waals surface area contributed by atoms with E-state index in [2.05, 4.69) is 29.9 Å². The number of allylic oxidation sites excluding steroid dienone is 1. The van der Waals surface area contributed by atoms with Gasteiger partial charge in [-0.1, -0.05) is 38.8 Å². The van der Waals surface area contributed by atoms with Gasteiger partial charge >= 0.3 is 12.1 Å². The van der Waals surface area contributed by atoms with Gasteiger partial charge < -0.3 is 30.1 Å². The molecule has 0 unspecified atom stereocenters. The summed E-state index contributed by atoms with van der Waals surface area (Å²) in [6.07, 6.45) is 10.2. The largest absolute Gasteiger partial charge is 0.488 e. The van der Waals surface area contributed by atoms with Gasteiger partial charge in [0.2, 0.25) is 11.8 Å². The van der Waals surface area contributed by atoms with Crippen LogP contribution in [-0.4, -0.2) is 79.7 Å². The average Bonchev–Trinajstić information content (AvgIpc) is 3.36. The van der Waals surface area contributed by atoms with Crippen molar-refractivity contribution >= 4 is 35.2 Å². The molecule has 5 atom stereocenters. The lowest BCUT2D eigenvalue weighted by Gasteiger charge is -2.30. The predicted octanol–water partition coefficient (Wildman–Crippen LogP) is 5.93. The molecule has 0 radical (unpaired) electrons. The summed E-state index contributed by atoms with van der Waals surface area (Å²) in [6, 6.07) is -0.00261. The monoisotopic (exact) mass is 721 g/mol. The summed E-state index contributed by atoms with van der Waals surface area (Å²) < 4.78 is 12.3. The highest BCUT2D eigenvalue weighted by Gasteiger charge is 2.61. The first-order valence-corrected chi connectivity index (χ1v) is 19.3. The lowest BCUT2D eigenvalue weighted by Crippen LogP contribution is -2.56. The van der Waals surface area contributed by atoms with E-state index in [1.165, 1.54) is 4.90 Å². The number of thiazole rings is 1. The Labute approximate surface area is 303 Å². The highest BCUT2D eigenvalue weighted by molar-refractivity contribution is 7.13. The van der Waals surface area contributed by atoms with Gasteiger partial charge in [0.1, 0.15) is 45.8 Å². The van der Waals surface area contributed by atoms with E-state index in [0.717, 1.165) is 72.6 Å². The van der Waals surface area contributed by atoms with Crippen LogP contribution in [-0.2, 0) is 32.0 Å². The van der Waals surface area contributed by atoms with E-state index < -0.39 is 53.2 Å². The van der Waals surface area contributed by atoms with Crippen molar-refractivity contribution in [2.75, 3.05) is 6.54 Å². The first-order chi connectivity index (χ1) is 24.2. The topological polar surface area (TPSA) is 160 Å². The molecule has 2 aliphatic heterocycles. The Bertz CT molecular complexity index is 1680. The molecule has 3 amide bonds. The lowest BCUT2D eigenvalue weighted by atomic mass is 9.95. The van der Waals surface area contributed by atoms with Gasteiger partial charge in [-0.3, -0.25) is 9.59 Å². The quantitative estimate of drug-likeness (QED) is 0.308. The summed E-state index contributed by atoms with van der Waals surface area (Å²) in [5.74, 6) is -1.42. The molecule has 6 rings (SSSR count). The number of ether oxygens (including phenoxy) is 2. The molecule has 2 aromatic rings. The predicted molar refractivity (Wildman–Crippen MR) is 193 cm³/mol. The number of nitrogens with zero attached hydrogens (tertiary/aromatic N) is 3. The number of alkyl carbamates (subject to hydrolysis) is 1. The second-order valence-corrected chi connectivity index (χ2v) is 16.6. The van der Waals surface area contributed by atoms with Crippen molar-refractivity contribution in [2.24, 2.45) is 5.92 Å². The second kappa shape index (κ2) is 14.9. The number of aliphatic carboxylic acids is 1. The summed E-state index contributed by atoms with van der Waals surface area (Å²) in [5, 5.41) is 18.7. The number of aromatic nitrogens is 2. The van der Waals surface area contributed by atoms with E-state index in [1.807, 2.05) is 18.2 Å². The van der Waals surface area contributed by atoms with Crippen LogP contribution in [0.1, 0.15) is 115 Å². The van der Waals surface area contributed by atoms with Gasteiger partial charge in [-0.15, -0.1) is 11.3 Å². The summed E-state index contributed by atoms with van der Waals surface area (Å²) in [6.45, 7) is 9.57. The number of pyridine rings is 1. The number of carbonyl (C=O) groups excluding carboxylic acids is 3. The molecule has 2 fully saturated rings. The van der Waals surface area contributed by atoms with Crippen LogP contribution in [0.5, 0.6) is 5.75 Å². The maximum atomic E-state index is 14.4. The van der Waals surface area contributed by atoms with E-state index in [9.17, 15) is 24.3 Å². The van der Waals surface area contributed by atoms with E-state index >= 15 is 0 Å². The Balaban J connectivity index is 1.31. The van der Waals surface area contributed by atoms with Crippen molar-refractivity contribution < 1.29 is 33.8 Å². The van der Waals surface area contributed by atoms with Gasteiger partial charge in [-0.2, -0.15) is 0 Å². The summed E-state index contributed by atoms with van der Waals surface area (Å²) >= 11 is 1.55. The van der Waals surface area contributed by atoms with Crippen molar-refractivity contribution in [1.82, 2.24) is 25.5 Å². The van der Waals surface area contributed by atoms with Gasteiger partial charge in [0.05, 0.1) is 12.2 Å². The van der Waals surface area contributed by atoms with E-state index in [-0.39, 0.29) is 31.2 Å². The molecule has 51 heavy (non-hydrogen) atoms. The SMILES string of the molecule is CC(C)c1csc(-c2cc(O[C@@H]3C[C@H]4C(=O)N[C@]5(C(=O)O)C[C@H]5/C=C\CCCCC[C@H](NC(=O)OC(C)(C)C)C(=O)N4C3)c3c(n2)CCCC3)n1. The van der Waals surface area contributed by atoms with Gasteiger partial charge in [0.25, 0.3) is 0 Å². The zero-order valence-corrected chi connectivity index (χ0v) is 31.1. The second-order valence-electron chi connectivity index (χ2n) is 15.7. The van der Waals surface area contributed by atoms with E-state index in [1.54, 1.807) is 32.1 Å². The molecule has 4 heterocycles. The van der Waals surface area contributed by atoms with Crippen LogP contribution in [0.15, 0.2) is 23.6 Å². The summed E-state index contributed by atoms with van der Waals surface area (Å²) in [5.41, 5.74) is 1.57. The van der Waals surface area contributed by atoms with Crippen LogP contribution in [0.3, 0.4) is 0 Å². The molecular weight excluding hydrogens is 671 g/mol. The number of aryl methyl sites for hydroxylation is 1. The fraction of sp³-hybridized carbons (Fsp3) is 0.632. The Kier molecular flexibility index (Phi) is 10.8. The van der Waals surface area contributed by atoms with E-state index in [0.29, 0.717) is 18.6 Å². The number of hydrogen-bond acceptors (Lipinski definition) is 9. The first-order valence-electron chi connectivity index (χ1n) is 18.4. The molecule has 276 valence electrons. The number of hydrogen-bond donors (Lipinski definition) is 3. The van der Waals surface area contributed by atoms with Crippen molar-refractivity contribution in [1.29, 1.82) is 0 Å². The van der Waals surface area contributed by atoms with Crippen LogP contribution in [0, 0.1) is 5.92 Å². The minimum atomic E-state index is -1.42. The summed E-state index contributed by atoms with van der Waals surface area (Å²) in [7, 11) is 0. The normalized spacial score (nSPS) is 27.6. The van der Waals surface area contributed by atoms with Crippen LogP contribution < -0.4 is 15.4 Å². The molecule has 0 spiro atoms. The molecule has 12 nitrogen and oxygen atoms in total. The first kappa shape index (κ1) is 36.8. The van der Waals surface area contributed by atoms with Crippen molar-refractivity contribution in [3.63, 3.8) is 0 Å². The Hall–Kier alpha value is -4.00. The van der Waals surface area contributed by atoms with Gasteiger partial charge in [0, 0.05) is 35.0 Å². The number of amides is 3. The molecule has 0 bridgehead atoms. The molecule has 2 aliphatic carbocycles. The lowest BCUT2D eigenvalue weighted by molar-refractivity contribution is -0.145. The summed E-state index contributed by atoms with van der Waals surface area (Å²) in [4.78, 5) is 65.3. The standard InChI is InChI=1S/C38H51N5O7S/c1-22(2)29-21-51-33(40-29)28-18-31(25-14-11-12-15-26(25)39-28)49-24-17-30-32(44)42-38(35(46)47)19-23(38)13-9-7-6-8-10-16-27(34(45)43(30)20-24)41-36(48)50-37(3,4)5/h9,13,18,21-24,27,30H,6-8,10-12,14-17,19-20H2,1-5H3,(H,41,48)(H,42,44)(H,46,47)/b13-9-/t23-,24-,27+,30+,38-/m1/s1. The molecular formula is C38H51N5O7S. The van der Waals surface area contributed by atoms with E-state index in [4.69, 9.17) is 19.4 Å². The highest BCUT2D eigenvalue weighted by Crippen LogP contribution is 2.45. The maximum absolute atomic E-state index is 14.4. The third-order valence-corrected chi connectivity index (χ3v) is 11.1. The Morgan fingerprint density at radius 2 is 1.90 bits per heavy atom. The number of carbonyl (C=O) groups is 4. The molecule has 4 aliphatic rings. The number of fused-ring (bicyclic) bond motifs is 3. The minimum absolute atomic E-state index is 0.0913. The molecule has 2 aromatic heterocycles. The zero-order valence-electron chi connectivity index (χ0n) is 30.3. The molecule has 1 saturated heterocycles. The third kappa shape index (κ3) is 8.39. The molecule has 3 N–H and O–H groups in total. The fourth-order valence-electron chi connectivity index (χ4n) is 7.33. The van der Waals surface area contributed by atoms with Crippen molar-refractivity contribution in [3.8, 4) is 16.5 Å². The highest BCUT2D eigenvalue weighted by atomic mass is 32.1. The number of carboxylic acid groups (broad SMARTS) is 1.